The second-order valence-corrected chi connectivity index (χ2v) is 5.69. The highest BCUT2D eigenvalue weighted by molar-refractivity contribution is 5.92. The maximum atomic E-state index is 12.6. The van der Waals surface area contributed by atoms with Crippen LogP contribution in [0.5, 0.6) is 0 Å². The van der Waals surface area contributed by atoms with Gasteiger partial charge in [0, 0.05) is 25.7 Å². The number of hydrogen-bond acceptors (Lipinski definition) is 4. The van der Waals surface area contributed by atoms with Crippen LogP contribution in [0.15, 0.2) is 6.07 Å². The van der Waals surface area contributed by atoms with Crippen molar-refractivity contribution in [3.8, 4) is 0 Å². The number of ether oxygens (including phenoxy) is 1. The molecule has 0 aliphatic carbocycles. The molecule has 3 rings (SSSR count). The van der Waals surface area contributed by atoms with Gasteiger partial charge >= 0.3 is 6.18 Å². The highest BCUT2D eigenvalue weighted by atomic mass is 19.4. The molecular formula is C13H17F3N4O2. The summed E-state index contributed by atoms with van der Waals surface area (Å²) >= 11 is 0. The number of piperidine rings is 1. The van der Waals surface area contributed by atoms with Gasteiger partial charge in [0.05, 0.1) is 18.8 Å². The van der Waals surface area contributed by atoms with E-state index in [0.29, 0.717) is 19.7 Å². The van der Waals surface area contributed by atoms with E-state index in [1.54, 1.807) is 4.90 Å². The first kappa shape index (κ1) is 15.3. The van der Waals surface area contributed by atoms with E-state index >= 15 is 0 Å². The largest absolute Gasteiger partial charge is 0.432 e. The van der Waals surface area contributed by atoms with Crippen molar-refractivity contribution < 1.29 is 22.7 Å². The number of amides is 1. The van der Waals surface area contributed by atoms with Crippen LogP contribution in [0.25, 0.3) is 0 Å². The quantitative estimate of drug-likeness (QED) is 0.838. The molecule has 1 aromatic rings. The van der Waals surface area contributed by atoms with Gasteiger partial charge in [-0.25, -0.2) is 0 Å². The summed E-state index contributed by atoms with van der Waals surface area (Å²) < 4.78 is 43.5. The zero-order valence-electron chi connectivity index (χ0n) is 12.1. The number of morpholine rings is 1. The number of halogens is 3. The maximum absolute atomic E-state index is 12.6. The van der Waals surface area contributed by atoms with Crippen molar-refractivity contribution in [3.63, 3.8) is 0 Å². The Morgan fingerprint density at radius 2 is 2.23 bits per heavy atom. The Hall–Kier alpha value is -1.61. The fourth-order valence-electron chi connectivity index (χ4n) is 3.01. The summed E-state index contributed by atoms with van der Waals surface area (Å²) in [6, 6.07) is 0.616. The van der Waals surface area contributed by atoms with Crippen LogP contribution in [0.1, 0.15) is 22.6 Å². The molecule has 0 spiro atoms. The predicted octanol–water partition coefficient (Wildman–Crippen LogP) is 0.974. The molecule has 6 nitrogen and oxygen atoms in total. The standard InChI is InChI=1S/C13H17F3N4O2/c1-19-3-2-10-9(7-19)20(4-5-22-10)12(21)8-6-11(18-17-8)13(14,15)16/h6,9-10H,2-5,7H2,1H3,(H,17,18). The van der Waals surface area contributed by atoms with Crippen LogP contribution < -0.4 is 0 Å². The van der Waals surface area contributed by atoms with Gasteiger partial charge in [0.25, 0.3) is 5.91 Å². The fraction of sp³-hybridized carbons (Fsp3) is 0.692. The van der Waals surface area contributed by atoms with E-state index in [0.717, 1.165) is 19.0 Å². The van der Waals surface area contributed by atoms with E-state index < -0.39 is 17.8 Å². The highest BCUT2D eigenvalue weighted by Gasteiger charge is 2.40. The number of rotatable bonds is 1. The van der Waals surface area contributed by atoms with Gasteiger partial charge < -0.3 is 14.5 Å². The maximum Gasteiger partial charge on any atom is 0.432 e. The van der Waals surface area contributed by atoms with Crippen molar-refractivity contribution in [2.75, 3.05) is 33.3 Å². The molecule has 0 saturated carbocycles. The molecule has 0 bridgehead atoms. The predicted molar refractivity (Wildman–Crippen MR) is 70.3 cm³/mol. The van der Waals surface area contributed by atoms with Crippen LogP contribution >= 0.6 is 0 Å². The number of likely N-dealkylation sites (N-methyl/N-ethyl adjacent to an activating group) is 1. The normalized spacial score (nSPS) is 26.8. The summed E-state index contributed by atoms with van der Waals surface area (Å²) in [4.78, 5) is 16.2. The van der Waals surface area contributed by atoms with Gasteiger partial charge in [-0.1, -0.05) is 0 Å². The summed E-state index contributed by atoms with van der Waals surface area (Å²) in [5.74, 6) is -0.486. The lowest BCUT2D eigenvalue weighted by Gasteiger charge is -2.46. The van der Waals surface area contributed by atoms with Crippen LogP contribution in [-0.2, 0) is 10.9 Å². The number of H-pyrrole nitrogens is 1. The van der Waals surface area contributed by atoms with Crippen molar-refractivity contribution in [1.29, 1.82) is 0 Å². The Kier molecular flexibility index (Phi) is 3.85. The molecule has 2 saturated heterocycles. The third kappa shape index (κ3) is 2.82. The number of nitrogens with zero attached hydrogens (tertiary/aromatic N) is 3. The molecule has 22 heavy (non-hydrogen) atoms. The van der Waals surface area contributed by atoms with E-state index in [4.69, 9.17) is 4.74 Å². The molecule has 0 aromatic carbocycles. The van der Waals surface area contributed by atoms with E-state index in [1.807, 2.05) is 12.1 Å². The number of carbonyl (C=O) groups is 1. The number of aromatic amines is 1. The molecule has 122 valence electrons. The summed E-state index contributed by atoms with van der Waals surface area (Å²) in [5.41, 5.74) is -1.22. The Morgan fingerprint density at radius 1 is 1.45 bits per heavy atom. The van der Waals surface area contributed by atoms with Gasteiger partial charge in [0.2, 0.25) is 0 Å². The number of likely N-dealkylation sites (tertiary alicyclic amines) is 1. The second-order valence-electron chi connectivity index (χ2n) is 5.69. The van der Waals surface area contributed by atoms with E-state index in [2.05, 4.69) is 10.00 Å². The van der Waals surface area contributed by atoms with E-state index in [9.17, 15) is 18.0 Å². The van der Waals surface area contributed by atoms with Gasteiger partial charge in [0.15, 0.2) is 5.69 Å². The number of hydrogen-bond donors (Lipinski definition) is 1. The highest BCUT2D eigenvalue weighted by Crippen LogP contribution is 2.29. The van der Waals surface area contributed by atoms with Crippen molar-refractivity contribution in [1.82, 2.24) is 20.0 Å². The monoisotopic (exact) mass is 318 g/mol. The number of alkyl halides is 3. The smallest absolute Gasteiger partial charge is 0.374 e. The van der Waals surface area contributed by atoms with Crippen molar-refractivity contribution >= 4 is 5.91 Å². The molecule has 1 N–H and O–H groups in total. The minimum Gasteiger partial charge on any atom is -0.374 e. The van der Waals surface area contributed by atoms with Gasteiger partial charge in [-0.2, -0.15) is 18.3 Å². The molecular weight excluding hydrogens is 301 g/mol. The second kappa shape index (κ2) is 5.54. The lowest BCUT2D eigenvalue weighted by Crippen LogP contribution is -2.60. The summed E-state index contributed by atoms with van der Waals surface area (Å²) in [6.45, 7) is 2.28. The van der Waals surface area contributed by atoms with Crippen molar-refractivity contribution in [3.05, 3.63) is 17.5 Å². The topological polar surface area (TPSA) is 61.5 Å². The van der Waals surface area contributed by atoms with Gasteiger partial charge in [-0.05, 0) is 13.5 Å². The molecule has 1 aromatic heterocycles. The van der Waals surface area contributed by atoms with Crippen LogP contribution in [0.2, 0.25) is 0 Å². The molecule has 2 aliphatic heterocycles. The van der Waals surface area contributed by atoms with Crippen LogP contribution in [0.4, 0.5) is 13.2 Å². The molecule has 2 atom stereocenters. The number of fused-ring (bicyclic) bond motifs is 1. The minimum absolute atomic E-state index is 0.0603. The van der Waals surface area contributed by atoms with Crippen LogP contribution in [0.3, 0.4) is 0 Å². The summed E-state index contributed by atoms with van der Waals surface area (Å²) in [7, 11) is 1.95. The average Bonchev–Trinajstić information content (AvgIpc) is 2.95. The first-order valence-corrected chi connectivity index (χ1v) is 7.10. The van der Waals surface area contributed by atoms with Crippen LogP contribution in [-0.4, -0.2) is 71.3 Å². The van der Waals surface area contributed by atoms with Crippen molar-refractivity contribution in [2.45, 2.75) is 24.7 Å². The SMILES string of the molecule is CN1CCC2OCCN(C(=O)c3cc(C(F)(F)F)[nH]n3)C2C1. The molecule has 0 radical (unpaired) electrons. The first-order chi connectivity index (χ1) is 10.4. The Bertz CT molecular complexity index is 560. The van der Waals surface area contributed by atoms with Gasteiger partial charge in [-0.3, -0.25) is 9.89 Å². The molecule has 1 amide bonds. The zero-order chi connectivity index (χ0) is 15.9. The Balaban J connectivity index is 1.80. The van der Waals surface area contributed by atoms with Crippen LogP contribution in [0, 0.1) is 0 Å². The molecule has 2 fully saturated rings. The number of nitrogens with one attached hydrogen (secondary N) is 1. The molecule has 3 heterocycles. The van der Waals surface area contributed by atoms with Gasteiger partial charge in [0.1, 0.15) is 5.69 Å². The third-order valence-corrected chi connectivity index (χ3v) is 4.15. The average molecular weight is 318 g/mol. The first-order valence-electron chi connectivity index (χ1n) is 7.10. The zero-order valence-corrected chi connectivity index (χ0v) is 12.1. The Morgan fingerprint density at radius 3 is 2.91 bits per heavy atom. The summed E-state index contributed by atoms with van der Waals surface area (Å²) in [5, 5.41) is 5.41. The molecule has 9 heteroatoms. The lowest BCUT2D eigenvalue weighted by molar-refractivity contribution is -0.141. The van der Waals surface area contributed by atoms with Crippen molar-refractivity contribution in [2.24, 2.45) is 0 Å². The van der Waals surface area contributed by atoms with Gasteiger partial charge in [-0.15, -0.1) is 0 Å². The molecule has 2 unspecified atom stereocenters. The fourth-order valence-corrected chi connectivity index (χ4v) is 3.01. The lowest BCUT2D eigenvalue weighted by atomic mass is 9.99. The summed E-state index contributed by atoms with van der Waals surface area (Å²) in [6.07, 6.45) is -3.79. The Labute approximate surface area is 125 Å². The minimum atomic E-state index is -4.54. The number of carbonyl (C=O) groups excluding carboxylic acids is 1. The number of aromatic nitrogens is 2. The van der Waals surface area contributed by atoms with E-state index in [-0.39, 0.29) is 17.8 Å². The van der Waals surface area contributed by atoms with E-state index in [1.165, 1.54) is 0 Å². The third-order valence-electron chi connectivity index (χ3n) is 4.15. The molecule has 2 aliphatic rings.